The summed E-state index contributed by atoms with van der Waals surface area (Å²) in [6.45, 7) is 6.00. The Balaban J connectivity index is 2.10. The van der Waals surface area contributed by atoms with E-state index in [2.05, 4.69) is 29.5 Å². The van der Waals surface area contributed by atoms with Crippen LogP contribution < -0.4 is 5.32 Å². The van der Waals surface area contributed by atoms with Crippen LogP contribution in [-0.4, -0.2) is 22.6 Å². The zero-order chi connectivity index (χ0) is 14.1. The van der Waals surface area contributed by atoms with Crippen molar-refractivity contribution in [2.45, 2.75) is 52.5 Å². The Morgan fingerprint density at radius 2 is 2.32 bits per heavy atom. The Labute approximate surface area is 119 Å². The fourth-order valence-corrected chi connectivity index (χ4v) is 2.74. The summed E-state index contributed by atoms with van der Waals surface area (Å²) in [5.41, 5.74) is 1.12. The number of hydrogen-bond donors (Lipinski definition) is 2. The molecular formula is C14H24N2O2S. The molecule has 0 radical (unpaired) electrons. The highest BCUT2D eigenvalue weighted by Crippen LogP contribution is 2.12. The monoisotopic (exact) mass is 284 g/mol. The minimum atomic E-state index is -0.703. The van der Waals surface area contributed by atoms with Crippen LogP contribution in [-0.2, 0) is 17.8 Å². The van der Waals surface area contributed by atoms with Crippen LogP contribution in [0.5, 0.6) is 0 Å². The molecule has 0 aliphatic carbocycles. The van der Waals surface area contributed by atoms with Gasteiger partial charge in [0.25, 0.3) is 0 Å². The second-order valence-corrected chi connectivity index (χ2v) is 5.93. The molecule has 0 aliphatic rings. The van der Waals surface area contributed by atoms with Gasteiger partial charge in [-0.25, -0.2) is 4.98 Å². The molecule has 0 fully saturated rings. The third-order valence-electron chi connectivity index (χ3n) is 3.03. The van der Waals surface area contributed by atoms with Crippen LogP contribution in [0.1, 0.15) is 50.2 Å². The first kappa shape index (κ1) is 16.1. The van der Waals surface area contributed by atoms with Crippen LogP contribution in [0.2, 0.25) is 0 Å². The molecule has 19 heavy (non-hydrogen) atoms. The van der Waals surface area contributed by atoms with Gasteiger partial charge in [0, 0.05) is 18.3 Å². The van der Waals surface area contributed by atoms with Crippen molar-refractivity contribution in [2.75, 3.05) is 6.54 Å². The summed E-state index contributed by atoms with van der Waals surface area (Å²) in [6.07, 6.45) is 4.25. The molecule has 1 aromatic heterocycles. The number of aryl methyl sites for hydroxylation is 1. The summed E-state index contributed by atoms with van der Waals surface area (Å²) in [6, 6.07) is 0. The maximum atomic E-state index is 10.5. The molecule has 0 saturated carbocycles. The normalized spacial score (nSPS) is 12.5. The van der Waals surface area contributed by atoms with Crippen molar-refractivity contribution in [3.63, 3.8) is 0 Å². The van der Waals surface area contributed by atoms with Gasteiger partial charge in [0.05, 0.1) is 10.7 Å². The molecular weight excluding hydrogens is 260 g/mol. The highest BCUT2D eigenvalue weighted by Gasteiger charge is 2.05. The van der Waals surface area contributed by atoms with Crippen molar-refractivity contribution in [3.8, 4) is 0 Å². The van der Waals surface area contributed by atoms with E-state index in [-0.39, 0.29) is 6.42 Å². The van der Waals surface area contributed by atoms with E-state index in [0.717, 1.165) is 44.5 Å². The lowest BCUT2D eigenvalue weighted by Crippen LogP contribution is -2.17. The number of nitrogens with zero attached hydrogens (tertiary/aromatic N) is 1. The molecule has 5 heteroatoms. The average molecular weight is 284 g/mol. The van der Waals surface area contributed by atoms with Gasteiger partial charge in [0.2, 0.25) is 0 Å². The fraction of sp³-hybridized carbons (Fsp3) is 0.714. The Bertz CT molecular complexity index is 379. The largest absolute Gasteiger partial charge is 0.481 e. The highest BCUT2D eigenvalue weighted by atomic mass is 32.1. The first-order chi connectivity index (χ1) is 9.11. The molecule has 1 aromatic rings. The number of carboxylic acids is 1. The lowest BCUT2D eigenvalue weighted by atomic mass is 10.0. The van der Waals surface area contributed by atoms with Crippen molar-refractivity contribution < 1.29 is 9.90 Å². The molecule has 0 aromatic carbocycles. The molecule has 1 rings (SSSR count). The van der Waals surface area contributed by atoms with Gasteiger partial charge in [-0.3, -0.25) is 4.79 Å². The number of carbonyl (C=O) groups is 1. The number of aromatic nitrogens is 1. The fourth-order valence-electron chi connectivity index (χ4n) is 1.84. The molecule has 0 spiro atoms. The van der Waals surface area contributed by atoms with E-state index in [1.54, 1.807) is 11.3 Å². The molecule has 0 amide bonds. The van der Waals surface area contributed by atoms with Gasteiger partial charge in [-0.1, -0.05) is 13.8 Å². The standard InChI is InChI=1S/C14H24N2O2S/c1-3-4-13-16-12(10-19-13)9-15-8-7-11(2)5-6-14(17)18/h10-11,15H,3-9H2,1-2H3,(H,17,18). The van der Waals surface area contributed by atoms with Crippen molar-refractivity contribution in [1.29, 1.82) is 0 Å². The van der Waals surface area contributed by atoms with E-state index in [0.29, 0.717) is 5.92 Å². The van der Waals surface area contributed by atoms with E-state index >= 15 is 0 Å². The Kier molecular flexibility index (Phi) is 7.67. The molecule has 1 unspecified atom stereocenters. The SMILES string of the molecule is CCCc1nc(CNCCC(C)CCC(=O)O)cs1. The third kappa shape index (κ3) is 7.28. The van der Waals surface area contributed by atoms with E-state index in [9.17, 15) is 4.79 Å². The van der Waals surface area contributed by atoms with Crippen molar-refractivity contribution >= 4 is 17.3 Å². The zero-order valence-corrected chi connectivity index (χ0v) is 12.6. The van der Waals surface area contributed by atoms with E-state index in [4.69, 9.17) is 5.11 Å². The molecule has 1 heterocycles. The molecule has 0 saturated heterocycles. The number of thiazole rings is 1. The van der Waals surface area contributed by atoms with Crippen LogP contribution in [0.25, 0.3) is 0 Å². The average Bonchev–Trinajstić information content (AvgIpc) is 2.80. The van der Waals surface area contributed by atoms with Crippen LogP contribution in [0.4, 0.5) is 0 Å². The van der Waals surface area contributed by atoms with Crippen molar-refractivity contribution in [2.24, 2.45) is 5.92 Å². The van der Waals surface area contributed by atoms with Crippen LogP contribution in [0.15, 0.2) is 5.38 Å². The number of rotatable bonds is 10. The predicted octanol–water partition coefficient (Wildman–Crippen LogP) is 3.08. The molecule has 2 N–H and O–H groups in total. The van der Waals surface area contributed by atoms with Crippen molar-refractivity contribution in [1.82, 2.24) is 10.3 Å². The lowest BCUT2D eigenvalue weighted by Gasteiger charge is -2.09. The predicted molar refractivity (Wildman–Crippen MR) is 78.5 cm³/mol. The third-order valence-corrected chi connectivity index (χ3v) is 3.99. The minimum Gasteiger partial charge on any atom is -0.481 e. The molecule has 0 bridgehead atoms. The van der Waals surface area contributed by atoms with Gasteiger partial charge in [0.15, 0.2) is 0 Å². The van der Waals surface area contributed by atoms with Gasteiger partial charge < -0.3 is 10.4 Å². The summed E-state index contributed by atoms with van der Waals surface area (Å²) in [5, 5.41) is 15.3. The quantitative estimate of drug-likeness (QED) is 0.648. The highest BCUT2D eigenvalue weighted by molar-refractivity contribution is 7.09. The Morgan fingerprint density at radius 3 is 3.00 bits per heavy atom. The lowest BCUT2D eigenvalue weighted by molar-refractivity contribution is -0.137. The molecule has 108 valence electrons. The summed E-state index contributed by atoms with van der Waals surface area (Å²) in [4.78, 5) is 15.0. The van der Waals surface area contributed by atoms with Gasteiger partial charge in [0.1, 0.15) is 0 Å². The van der Waals surface area contributed by atoms with Gasteiger partial charge >= 0.3 is 5.97 Å². The zero-order valence-electron chi connectivity index (χ0n) is 11.8. The van der Waals surface area contributed by atoms with Crippen LogP contribution in [0.3, 0.4) is 0 Å². The van der Waals surface area contributed by atoms with Crippen LogP contribution in [0, 0.1) is 5.92 Å². The molecule has 1 atom stereocenters. The minimum absolute atomic E-state index is 0.271. The first-order valence-corrected chi connectivity index (χ1v) is 7.85. The number of nitrogens with one attached hydrogen (secondary N) is 1. The summed E-state index contributed by atoms with van der Waals surface area (Å²) in [5.74, 6) is -0.250. The molecule has 0 aliphatic heterocycles. The summed E-state index contributed by atoms with van der Waals surface area (Å²) < 4.78 is 0. The van der Waals surface area contributed by atoms with Gasteiger partial charge in [-0.15, -0.1) is 11.3 Å². The Morgan fingerprint density at radius 1 is 1.53 bits per heavy atom. The number of hydrogen-bond acceptors (Lipinski definition) is 4. The smallest absolute Gasteiger partial charge is 0.303 e. The Hall–Kier alpha value is -0.940. The van der Waals surface area contributed by atoms with Crippen molar-refractivity contribution in [3.05, 3.63) is 16.1 Å². The van der Waals surface area contributed by atoms with Crippen LogP contribution >= 0.6 is 11.3 Å². The number of carboxylic acid groups (broad SMARTS) is 1. The number of aliphatic carboxylic acids is 1. The second-order valence-electron chi connectivity index (χ2n) is 4.99. The van der Waals surface area contributed by atoms with E-state index < -0.39 is 5.97 Å². The van der Waals surface area contributed by atoms with E-state index in [1.165, 1.54) is 5.01 Å². The maximum absolute atomic E-state index is 10.5. The maximum Gasteiger partial charge on any atom is 0.303 e. The first-order valence-electron chi connectivity index (χ1n) is 6.97. The second kappa shape index (κ2) is 9.04. The van der Waals surface area contributed by atoms with Gasteiger partial charge in [-0.2, -0.15) is 0 Å². The molecule has 4 nitrogen and oxygen atoms in total. The summed E-state index contributed by atoms with van der Waals surface area (Å²) in [7, 11) is 0. The topological polar surface area (TPSA) is 62.2 Å². The van der Waals surface area contributed by atoms with E-state index in [1.807, 2.05) is 0 Å². The van der Waals surface area contributed by atoms with Gasteiger partial charge in [-0.05, 0) is 38.1 Å². The summed E-state index contributed by atoms with van der Waals surface area (Å²) >= 11 is 1.73.